The van der Waals surface area contributed by atoms with Gasteiger partial charge in [-0.2, -0.15) is 0 Å². The lowest BCUT2D eigenvalue weighted by molar-refractivity contribution is 0.00809. The minimum Gasteiger partial charge on any atom is -0.478 e. The number of carbonyl (C=O) groups excluding carboxylic acids is 1. The van der Waals surface area contributed by atoms with Crippen molar-refractivity contribution in [2.75, 3.05) is 49.3 Å². The Morgan fingerprint density at radius 1 is 1.00 bits per heavy atom. The van der Waals surface area contributed by atoms with Crippen molar-refractivity contribution in [3.63, 3.8) is 0 Å². The number of ether oxygens (including phenoxy) is 1. The van der Waals surface area contributed by atoms with Crippen molar-refractivity contribution in [1.82, 2.24) is 14.5 Å². The second-order valence-corrected chi connectivity index (χ2v) is 13.9. The number of piperazine rings is 1. The van der Waals surface area contributed by atoms with E-state index in [1.165, 1.54) is 6.26 Å². The van der Waals surface area contributed by atoms with Gasteiger partial charge in [-0.1, -0.05) is 0 Å². The van der Waals surface area contributed by atoms with E-state index in [2.05, 4.69) is 9.80 Å². The van der Waals surface area contributed by atoms with Gasteiger partial charge in [0.2, 0.25) is 0 Å². The Hall–Kier alpha value is -3.80. The molecule has 0 unspecified atom stereocenters. The van der Waals surface area contributed by atoms with Crippen LogP contribution in [0.4, 0.5) is 16.3 Å². The Kier molecular flexibility index (Phi) is 7.39. The summed E-state index contributed by atoms with van der Waals surface area (Å²) in [4.78, 5) is 35.8. The van der Waals surface area contributed by atoms with Crippen LogP contribution in [0.15, 0.2) is 47.5 Å². The summed E-state index contributed by atoms with van der Waals surface area (Å²) in [5.41, 5.74) is 1.24. The molecule has 2 fully saturated rings. The lowest BCUT2D eigenvalue weighted by atomic mass is 9.85. The molecule has 1 N–H and O–H groups in total. The second-order valence-electron chi connectivity index (χ2n) is 11.9. The summed E-state index contributed by atoms with van der Waals surface area (Å²) in [6, 6.07) is 10.7. The minimum absolute atomic E-state index is 0.00309. The summed E-state index contributed by atoms with van der Waals surface area (Å²) in [5, 5.41) is 10.4. The molecular weight excluding hydrogens is 546 g/mol. The number of benzene rings is 1. The third kappa shape index (κ3) is 5.97. The van der Waals surface area contributed by atoms with Crippen LogP contribution in [-0.2, 0) is 14.6 Å². The maximum atomic E-state index is 12.5. The van der Waals surface area contributed by atoms with Gasteiger partial charge in [0.25, 0.3) is 0 Å². The van der Waals surface area contributed by atoms with Crippen molar-refractivity contribution < 1.29 is 27.9 Å². The van der Waals surface area contributed by atoms with Gasteiger partial charge in [0.05, 0.1) is 10.5 Å². The number of pyridine rings is 1. The first-order valence-corrected chi connectivity index (χ1v) is 15.6. The first-order valence-electron chi connectivity index (χ1n) is 13.7. The second kappa shape index (κ2) is 10.6. The minimum atomic E-state index is -3.24. The number of fused-ring (bicyclic) bond motifs is 1. The van der Waals surface area contributed by atoms with E-state index in [1.54, 1.807) is 30.3 Å². The molecule has 220 valence electrons. The molecule has 0 spiro atoms. The van der Waals surface area contributed by atoms with Crippen molar-refractivity contribution in [2.24, 2.45) is 0 Å². The lowest BCUT2D eigenvalue weighted by Gasteiger charge is -2.42. The van der Waals surface area contributed by atoms with Crippen LogP contribution in [0.25, 0.3) is 11.0 Å². The summed E-state index contributed by atoms with van der Waals surface area (Å²) < 4.78 is 31.0. The van der Waals surface area contributed by atoms with Gasteiger partial charge in [-0.3, -0.25) is 0 Å². The van der Waals surface area contributed by atoms with Gasteiger partial charge in [0, 0.05) is 68.8 Å². The molecule has 41 heavy (non-hydrogen) atoms. The van der Waals surface area contributed by atoms with E-state index in [0.29, 0.717) is 41.9 Å². The molecule has 1 saturated carbocycles. The number of amides is 1. The summed E-state index contributed by atoms with van der Waals surface area (Å²) in [5.74, 6) is -0.219. The molecule has 2 aliphatic rings. The molecule has 1 amide bonds. The van der Waals surface area contributed by atoms with Gasteiger partial charge >= 0.3 is 12.1 Å². The number of sulfone groups is 1. The number of aromatic carboxylic acids is 1. The number of rotatable bonds is 6. The van der Waals surface area contributed by atoms with E-state index < -0.39 is 21.4 Å². The monoisotopic (exact) mass is 583 g/mol. The largest absolute Gasteiger partial charge is 0.478 e. The molecule has 1 aliphatic carbocycles. The predicted octanol–water partition coefficient (Wildman–Crippen LogP) is 4.04. The van der Waals surface area contributed by atoms with Crippen LogP contribution in [0.3, 0.4) is 0 Å². The average Bonchev–Trinajstić information content (AvgIpc) is 3.25. The van der Waals surface area contributed by atoms with Gasteiger partial charge in [0.15, 0.2) is 9.84 Å². The zero-order chi connectivity index (χ0) is 29.7. The predicted molar refractivity (Wildman–Crippen MR) is 157 cm³/mol. The van der Waals surface area contributed by atoms with E-state index in [9.17, 15) is 23.1 Å². The maximum absolute atomic E-state index is 12.5. The smallest absolute Gasteiger partial charge is 0.410 e. The summed E-state index contributed by atoms with van der Waals surface area (Å²) in [6.07, 6.45) is 3.86. The highest BCUT2D eigenvalue weighted by molar-refractivity contribution is 7.90. The molecular formula is C29H37N5O6S. The highest BCUT2D eigenvalue weighted by Crippen LogP contribution is 2.39. The van der Waals surface area contributed by atoms with Gasteiger partial charge < -0.3 is 29.1 Å². The first-order chi connectivity index (χ1) is 19.2. The number of hydrogen-bond donors (Lipinski definition) is 1. The zero-order valence-electron chi connectivity index (χ0n) is 24.1. The Labute approximate surface area is 240 Å². The van der Waals surface area contributed by atoms with E-state index in [0.717, 1.165) is 24.6 Å². The molecule has 3 aromatic rings. The maximum Gasteiger partial charge on any atom is 0.410 e. The molecule has 11 nitrogen and oxygen atoms in total. The molecule has 5 rings (SSSR count). The molecule has 1 saturated heterocycles. The Morgan fingerprint density at radius 2 is 1.61 bits per heavy atom. The number of carbonyl (C=O) groups is 2. The molecule has 0 atom stereocenters. The van der Waals surface area contributed by atoms with Crippen LogP contribution in [-0.4, -0.2) is 91.2 Å². The Morgan fingerprint density at radius 3 is 2.17 bits per heavy atom. The highest BCUT2D eigenvalue weighted by atomic mass is 32.2. The standard InChI is InChI=1S/C29H37N5O6S/c1-29(2,3)40-28(37)31(4)20-16-21(17-20)34-18-24(27(35)36)23-10-11-25(30-26(23)34)33-14-12-32(13-15-33)19-6-8-22(9-7-19)41(5,38)39/h6-11,18,20-21H,12-17H2,1-5H3,(H,35,36)/t20-,21+. The molecule has 1 aromatic carbocycles. The molecule has 2 aromatic heterocycles. The quantitative estimate of drug-likeness (QED) is 0.458. The normalized spacial score (nSPS) is 19.6. The van der Waals surface area contributed by atoms with Crippen LogP contribution in [0.2, 0.25) is 0 Å². The van der Waals surface area contributed by atoms with Crippen molar-refractivity contribution in [3.8, 4) is 0 Å². The number of carboxylic acid groups (broad SMARTS) is 1. The number of nitrogens with zero attached hydrogens (tertiary/aromatic N) is 5. The molecule has 0 bridgehead atoms. The molecule has 3 heterocycles. The first kappa shape index (κ1) is 28.7. The number of hydrogen-bond acceptors (Lipinski definition) is 8. The van der Waals surface area contributed by atoms with Crippen LogP contribution in [0, 0.1) is 0 Å². The van der Waals surface area contributed by atoms with Crippen LogP contribution >= 0.6 is 0 Å². The van der Waals surface area contributed by atoms with Crippen LogP contribution in [0.1, 0.15) is 50.0 Å². The van der Waals surface area contributed by atoms with Crippen molar-refractivity contribution in [1.29, 1.82) is 0 Å². The average molecular weight is 584 g/mol. The fraction of sp³-hybridized carbons (Fsp3) is 0.483. The van der Waals surface area contributed by atoms with Gasteiger partial charge in [-0.25, -0.2) is 23.0 Å². The van der Waals surface area contributed by atoms with Crippen molar-refractivity contribution in [2.45, 2.75) is 56.2 Å². The molecule has 12 heteroatoms. The van der Waals surface area contributed by atoms with Gasteiger partial charge in [-0.05, 0) is 70.0 Å². The van der Waals surface area contributed by atoms with E-state index in [1.807, 2.05) is 49.6 Å². The highest BCUT2D eigenvalue weighted by Gasteiger charge is 2.38. The third-order valence-corrected chi connectivity index (χ3v) is 8.97. The summed E-state index contributed by atoms with van der Waals surface area (Å²) in [6.45, 7) is 8.41. The zero-order valence-corrected chi connectivity index (χ0v) is 24.9. The summed E-state index contributed by atoms with van der Waals surface area (Å²) >= 11 is 0. The van der Waals surface area contributed by atoms with Crippen molar-refractivity contribution >= 4 is 44.4 Å². The third-order valence-electron chi connectivity index (χ3n) is 7.84. The molecule has 0 radical (unpaired) electrons. The SMILES string of the molecule is CN(C(=O)OC(C)(C)C)[C@H]1C[C@@H](n2cc(C(=O)O)c3ccc(N4CCN(c5ccc(S(C)(=O)=O)cc5)CC4)nc32)C1. The number of carboxylic acids is 1. The van der Waals surface area contributed by atoms with Gasteiger partial charge in [0.1, 0.15) is 17.1 Å². The number of anilines is 2. The number of aromatic nitrogens is 2. The van der Waals surface area contributed by atoms with Crippen LogP contribution < -0.4 is 9.80 Å². The molecule has 1 aliphatic heterocycles. The Balaban J connectivity index is 1.30. The van der Waals surface area contributed by atoms with E-state index >= 15 is 0 Å². The van der Waals surface area contributed by atoms with Gasteiger partial charge in [-0.15, -0.1) is 0 Å². The van der Waals surface area contributed by atoms with E-state index in [4.69, 9.17) is 9.72 Å². The fourth-order valence-corrected chi connectivity index (χ4v) is 6.05. The summed E-state index contributed by atoms with van der Waals surface area (Å²) in [7, 11) is -1.50. The lowest BCUT2D eigenvalue weighted by Crippen LogP contribution is -2.47. The Bertz CT molecular complexity index is 1560. The van der Waals surface area contributed by atoms with Crippen molar-refractivity contribution in [3.05, 3.63) is 48.2 Å². The fourth-order valence-electron chi connectivity index (χ4n) is 5.42. The van der Waals surface area contributed by atoms with Crippen LogP contribution in [0.5, 0.6) is 0 Å². The van der Waals surface area contributed by atoms with E-state index in [-0.39, 0.29) is 23.7 Å². The topological polar surface area (TPSA) is 125 Å².